The van der Waals surface area contributed by atoms with Crippen LogP contribution in [0.25, 0.3) is 0 Å². The van der Waals surface area contributed by atoms with Gasteiger partial charge in [-0.05, 0) is 67.8 Å². The Hall–Kier alpha value is -0.490. The molecule has 0 spiro atoms. The van der Waals surface area contributed by atoms with Gasteiger partial charge in [-0.2, -0.15) is 0 Å². The Morgan fingerprint density at radius 3 is 2.64 bits per heavy atom. The summed E-state index contributed by atoms with van der Waals surface area (Å²) in [5.74, 6) is 2.55. The summed E-state index contributed by atoms with van der Waals surface area (Å²) in [6, 6.07) is 5.12. The summed E-state index contributed by atoms with van der Waals surface area (Å²) in [6.45, 7) is 7.50. The molecule has 0 aliphatic heterocycles. The molecular formula is C18H29INO2+. The Morgan fingerprint density at radius 1 is 1.27 bits per heavy atom. The zero-order valence-electron chi connectivity index (χ0n) is 14.2. The Bertz CT molecular complexity index is 490. The molecule has 1 aliphatic carbocycles. The van der Waals surface area contributed by atoms with Gasteiger partial charge in [-0.25, -0.2) is 0 Å². The average molecular weight is 418 g/mol. The van der Waals surface area contributed by atoms with Crippen LogP contribution < -0.4 is 14.8 Å². The van der Waals surface area contributed by atoms with Gasteiger partial charge in [0.1, 0.15) is 6.54 Å². The van der Waals surface area contributed by atoms with E-state index in [0.717, 1.165) is 33.6 Å². The number of benzene rings is 1. The highest BCUT2D eigenvalue weighted by Gasteiger charge is 2.24. The fourth-order valence-corrected chi connectivity index (χ4v) is 4.02. The molecule has 1 aliphatic rings. The quantitative estimate of drug-likeness (QED) is 0.715. The second kappa shape index (κ2) is 8.39. The van der Waals surface area contributed by atoms with Crippen molar-refractivity contribution >= 4 is 22.6 Å². The predicted molar refractivity (Wildman–Crippen MR) is 98.5 cm³/mol. The molecule has 2 rings (SSSR count). The van der Waals surface area contributed by atoms with Gasteiger partial charge >= 0.3 is 0 Å². The molecule has 0 heterocycles. The van der Waals surface area contributed by atoms with Crippen molar-refractivity contribution < 1.29 is 14.8 Å². The summed E-state index contributed by atoms with van der Waals surface area (Å²) >= 11 is 2.35. The number of methoxy groups -OCH3 is 1. The van der Waals surface area contributed by atoms with Crippen LogP contribution in [-0.4, -0.2) is 19.3 Å². The summed E-state index contributed by atoms with van der Waals surface area (Å²) < 4.78 is 12.6. The topological polar surface area (TPSA) is 35.1 Å². The number of ether oxygens (including phenoxy) is 2. The summed E-state index contributed by atoms with van der Waals surface area (Å²) in [5.41, 5.74) is 1.31. The van der Waals surface area contributed by atoms with E-state index in [2.05, 4.69) is 47.0 Å². The Labute approximate surface area is 148 Å². The molecule has 0 saturated heterocycles. The van der Waals surface area contributed by atoms with Crippen molar-refractivity contribution in [2.75, 3.05) is 7.11 Å². The van der Waals surface area contributed by atoms with Gasteiger partial charge in [0, 0.05) is 11.5 Å². The van der Waals surface area contributed by atoms with Crippen LogP contribution in [0.4, 0.5) is 0 Å². The lowest BCUT2D eigenvalue weighted by Crippen LogP contribution is -2.90. The summed E-state index contributed by atoms with van der Waals surface area (Å²) in [6.07, 6.45) is 5.67. The normalized spacial score (nSPS) is 21.9. The summed E-state index contributed by atoms with van der Waals surface area (Å²) in [5, 5.41) is 2.51. The van der Waals surface area contributed by atoms with E-state index in [0.29, 0.717) is 0 Å². The van der Waals surface area contributed by atoms with Crippen molar-refractivity contribution in [2.24, 2.45) is 5.92 Å². The number of rotatable bonds is 6. The SMILES string of the molecule is COc1cc(C[NH2+][C@H]2CCCC[C@H]2C)cc(I)c1OC(C)C. The zero-order chi connectivity index (χ0) is 16.1. The van der Waals surface area contributed by atoms with Gasteiger partial charge in [0.05, 0.1) is 22.8 Å². The lowest BCUT2D eigenvalue weighted by atomic mass is 9.86. The van der Waals surface area contributed by atoms with Gasteiger partial charge in [0.15, 0.2) is 11.5 Å². The highest BCUT2D eigenvalue weighted by atomic mass is 127. The van der Waals surface area contributed by atoms with Gasteiger partial charge in [0.2, 0.25) is 0 Å². The van der Waals surface area contributed by atoms with Crippen molar-refractivity contribution in [3.63, 3.8) is 0 Å². The van der Waals surface area contributed by atoms with Crippen LogP contribution in [0.5, 0.6) is 11.5 Å². The average Bonchev–Trinajstić information content (AvgIpc) is 2.48. The molecule has 0 radical (unpaired) electrons. The van der Waals surface area contributed by atoms with Crippen molar-refractivity contribution in [3.8, 4) is 11.5 Å². The highest BCUT2D eigenvalue weighted by Crippen LogP contribution is 2.34. The maximum absolute atomic E-state index is 5.89. The van der Waals surface area contributed by atoms with Crippen LogP contribution >= 0.6 is 22.6 Å². The second-order valence-corrected chi connectivity index (χ2v) is 7.80. The molecule has 0 bridgehead atoms. The lowest BCUT2D eigenvalue weighted by molar-refractivity contribution is -0.712. The summed E-state index contributed by atoms with van der Waals surface area (Å²) in [7, 11) is 1.72. The van der Waals surface area contributed by atoms with Crippen LogP contribution in [0.3, 0.4) is 0 Å². The minimum atomic E-state index is 0.155. The van der Waals surface area contributed by atoms with Crippen LogP contribution in [-0.2, 0) is 6.54 Å². The maximum atomic E-state index is 5.89. The fourth-order valence-electron chi connectivity index (χ4n) is 3.22. The van der Waals surface area contributed by atoms with Crippen LogP contribution in [0, 0.1) is 9.49 Å². The number of halogens is 1. The highest BCUT2D eigenvalue weighted by molar-refractivity contribution is 14.1. The molecule has 1 aromatic carbocycles. The van der Waals surface area contributed by atoms with Gasteiger partial charge in [-0.3, -0.25) is 0 Å². The molecular weight excluding hydrogens is 389 g/mol. The fraction of sp³-hybridized carbons (Fsp3) is 0.667. The Kier molecular flexibility index (Phi) is 6.81. The number of hydrogen-bond acceptors (Lipinski definition) is 2. The van der Waals surface area contributed by atoms with E-state index >= 15 is 0 Å². The monoisotopic (exact) mass is 418 g/mol. The van der Waals surface area contributed by atoms with Gasteiger partial charge in [-0.15, -0.1) is 0 Å². The third-order valence-corrected chi connectivity index (χ3v) is 5.28. The first-order valence-corrected chi connectivity index (χ1v) is 9.45. The zero-order valence-corrected chi connectivity index (χ0v) is 16.4. The smallest absolute Gasteiger partial charge is 0.174 e. The standard InChI is InChI=1S/C18H28INO2/c1-12(2)22-18-15(19)9-14(10-17(18)21-4)11-20-16-8-6-5-7-13(16)3/h9-10,12-13,16,20H,5-8,11H2,1-4H3/p+1/t13-,16+/m1/s1. The maximum Gasteiger partial charge on any atom is 0.174 e. The molecule has 1 fully saturated rings. The van der Waals surface area contributed by atoms with E-state index in [9.17, 15) is 0 Å². The van der Waals surface area contributed by atoms with E-state index in [-0.39, 0.29) is 6.10 Å². The Morgan fingerprint density at radius 2 is 2.00 bits per heavy atom. The molecule has 1 saturated carbocycles. The van der Waals surface area contributed by atoms with Crippen LogP contribution in [0.15, 0.2) is 12.1 Å². The van der Waals surface area contributed by atoms with E-state index in [1.165, 1.54) is 31.2 Å². The molecule has 124 valence electrons. The first-order chi connectivity index (χ1) is 10.5. The summed E-state index contributed by atoms with van der Waals surface area (Å²) in [4.78, 5) is 0. The van der Waals surface area contributed by atoms with Gasteiger partial charge < -0.3 is 14.8 Å². The molecule has 2 atom stereocenters. The molecule has 0 unspecified atom stereocenters. The van der Waals surface area contributed by atoms with E-state index in [1.54, 1.807) is 7.11 Å². The first-order valence-electron chi connectivity index (χ1n) is 8.37. The van der Waals surface area contributed by atoms with Crippen molar-refractivity contribution in [2.45, 2.75) is 65.1 Å². The molecule has 0 aromatic heterocycles. The largest absolute Gasteiger partial charge is 0.493 e. The molecule has 3 nitrogen and oxygen atoms in total. The van der Waals surface area contributed by atoms with Crippen molar-refractivity contribution in [1.82, 2.24) is 0 Å². The third-order valence-electron chi connectivity index (χ3n) is 4.48. The third kappa shape index (κ3) is 4.75. The Balaban J connectivity index is 2.06. The molecule has 4 heteroatoms. The molecule has 0 amide bonds. The van der Waals surface area contributed by atoms with Crippen LogP contribution in [0.2, 0.25) is 0 Å². The van der Waals surface area contributed by atoms with Crippen molar-refractivity contribution in [1.29, 1.82) is 0 Å². The van der Waals surface area contributed by atoms with E-state index in [4.69, 9.17) is 9.47 Å². The van der Waals surface area contributed by atoms with Crippen molar-refractivity contribution in [3.05, 3.63) is 21.3 Å². The number of quaternary nitrogens is 1. The molecule has 1 aromatic rings. The van der Waals surface area contributed by atoms with E-state index in [1.807, 2.05) is 13.8 Å². The van der Waals surface area contributed by atoms with Gasteiger partial charge in [0.25, 0.3) is 0 Å². The predicted octanol–water partition coefficient (Wildman–Crippen LogP) is 3.73. The number of nitrogens with two attached hydrogens (primary N) is 1. The van der Waals surface area contributed by atoms with Gasteiger partial charge in [-0.1, -0.05) is 13.3 Å². The van der Waals surface area contributed by atoms with E-state index < -0.39 is 0 Å². The number of hydrogen-bond donors (Lipinski definition) is 1. The first kappa shape index (κ1) is 17.9. The van der Waals surface area contributed by atoms with Crippen LogP contribution in [0.1, 0.15) is 52.0 Å². The minimum absolute atomic E-state index is 0.155. The lowest BCUT2D eigenvalue weighted by Gasteiger charge is -2.26. The minimum Gasteiger partial charge on any atom is -0.493 e. The second-order valence-electron chi connectivity index (χ2n) is 6.64. The molecule has 22 heavy (non-hydrogen) atoms. The molecule has 2 N–H and O–H groups in total.